The molecular formula is C12H7F3INO2S. The highest BCUT2D eigenvalue weighted by Gasteiger charge is 2.12. The van der Waals surface area contributed by atoms with E-state index in [1.54, 1.807) is 11.4 Å². The molecule has 0 bridgehead atoms. The number of halogens is 4. The Hall–Kier alpha value is -1.29. The second kappa shape index (κ2) is 6.44. The highest BCUT2D eigenvalue weighted by Crippen LogP contribution is 2.24. The lowest BCUT2D eigenvalue weighted by Gasteiger charge is -2.08. The van der Waals surface area contributed by atoms with Crippen LogP contribution in [-0.4, -0.2) is 12.5 Å². The van der Waals surface area contributed by atoms with Gasteiger partial charge in [0.15, 0.2) is 11.6 Å². The van der Waals surface area contributed by atoms with Crippen molar-refractivity contribution in [3.63, 3.8) is 0 Å². The Morgan fingerprint density at radius 2 is 2.10 bits per heavy atom. The molecule has 1 heterocycles. The van der Waals surface area contributed by atoms with Gasteiger partial charge in [-0.25, -0.2) is 4.39 Å². The van der Waals surface area contributed by atoms with E-state index in [1.807, 2.05) is 0 Å². The maximum atomic E-state index is 13.5. The molecule has 0 saturated heterocycles. The fraction of sp³-hybridized carbons (Fsp3) is 0.0833. The van der Waals surface area contributed by atoms with Gasteiger partial charge < -0.3 is 10.1 Å². The van der Waals surface area contributed by atoms with Crippen LogP contribution in [0.15, 0.2) is 29.6 Å². The summed E-state index contributed by atoms with van der Waals surface area (Å²) in [5.41, 5.74) is 0.614. The fourth-order valence-electron chi connectivity index (χ4n) is 1.40. The Balaban J connectivity index is 2.10. The number of rotatable bonds is 4. The number of nitrogens with one attached hydrogen (secondary N) is 1. The minimum absolute atomic E-state index is 0.162. The molecule has 2 rings (SSSR count). The number of amides is 1. The number of carbonyl (C=O) groups excluding carboxylic acids is 1. The second-order valence-electron chi connectivity index (χ2n) is 3.62. The smallest absolute Gasteiger partial charge is 0.387 e. The SMILES string of the molecule is O=C(Nc1ccc(OC(F)F)c(F)c1)c1csc(I)c1. The van der Waals surface area contributed by atoms with E-state index in [0.29, 0.717) is 5.56 Å². The van der Waals surface area contributed by atoms with Crippen LogP contribution in [0.2, 0.25) is 0 Å². The number of benzene rings is 1. The summed E-state index contributed by atoms with van der Waals surface area (Å²) in [4.78, 5) is 11.8. The van der Waals surface area contributed by atoms with Gasteiger partial charge in [-0.3, -0.25) is 4.79 Å². The predicted molar refractivity (Wildman–Crippen MR) is 78.0 cm³/mol. The molecule has 20 heavy (non-hydrogen) atoms. The molecule has 1 aromatic carbocycles. The molecule has 0 aliphatic heterocycles. The van der Waals surface area contributed by atoms with Crippen molar-refractivity contribution in [2.45, 2.75) is 6.61 Å². The first-order valence-electron chi connectivity index (χ1n) is 5.25. The Kier molecular flexibility index (Phi) is 4.86. The van der Waals surface area contributed by atoms with E-state index in [9.17, 15) is 18.0 Å². The average molecular weight is 413 g/mol. The summed E-state index contributed by atoms with van der Waals surface area (Å²) in [5, 5.41) is 4.14. The number of hydrogen-bond acceptors (Lipinski definition) is 3. The fourth-order valence-corrected chi connectivity index (χ4v) is 2.73. The van der Waals surface area contributed by atoms with Crippen molar-refractivity contribution in [1.29, 1.82) is 0 Å². The van der Waals surface area contributed by atoms with Gasteiger partial charge in [-0.15, -0.1) is 11.3 Å². The van der Waals surface area contributed by atoms with Crippen LogP contribution in [0.4, 0.5) is 18.9 Å². The molecule has 1 N–H and O–H groups in total. The molecule has 0 unspecified atom stereocenters. The maximum absolute atomic E-state index is 13.5. The van der Waals surface area contributed by atoms with Crippen LogP contribution in [0.1, 0.15) is 10.4 Å². The van der Waals surface area contributed by atoms with Crippen molar-refractivity contribution in [1.82, 2.24) is 0 Å². The topological polar surface area (TPSA) is 38.3 Å². The monoisotopic (exact) mass is 413 g/mol. The number of carbonyl (C=O) groups is 1. The molecule has 0 fully saturated rings. The van der Waals surface area contributed by atoms with E-state index in [2.05, 4.69) is 32.6 Å². The molecule has 0 atom stereocenters. The molecule has 3 nitrogen and oxygen atoms in total. The Labute approximate surface area is 129 Å². The quantitative estimate of drug-likeness (QED) is 0.758. The zero-order chi connectivity index (χ0) is 14.7. The molecule has 2 aromatic rings. The third kappa shape index (κ3) is 3.85. The summed E-state index contributed by atoms with van der Waals surface area (Å²) in [7, 11) is 0. The van der Waals surface area contributed by atoms with Crippen LogP contribution in [0.5, 0.6) is 5.75 Å². The Bertz CT molecular complexity index is 633. The summed E-state index contributed by atoms with van der Waals surface area (Å²) in [6, 6.07) is 4.93. The van der Waals surface area contributed by atoms with Crippen molar-refractivity contribution < 1.29 is 22.7 Å². The van der Waals surface area contributed by atoms with Crippen LogP contribution in [-0.2, 0) is 0 Å². The van der Waals surface area contributed by atoms with E-state index in [4.69, 9.17) is 0 Å². The molecular weight excluding hydrogens is 406 g/mol. The van der Waals surface area contributed by atoms with Gasteiger partial charge in [0.2, 0.25) is 0 Å². The molecule has 1 amide bonds. The summed E-state index contributed by atoms with van der Waals surface area (Å²) < 4.78 is 42.3. The van der Waals surface area contributed by atoms with Gasteiger partial charge >= 0.3 is 6.61 Å². The van der Waals surface area contributed by atoms with E-state index in [1.165, 1.54) is 17.4 Å². The largest absolute Gasteiger partial charge is 0.432 e. The van der Waals surface area contributed by atoms with E-state index < -0.39 is 24.1 Å². The van der Waals surface area contributed by atoms with Crippen LogP contribution < -0.4 is 10.1 Å². The van der Waals surface area contributed by atoms with Crippen LogP contribution in [0, 0.1) is 8.70 Å². The molecule has 0 aliphatic rings. The normalized spacial score (nSPS) is 10.7. The first-order valence-corrected chi connectivity index (χ1v) is 7.21. The molecule has 0 saturated carbocycles. The van der Waals surface area contributed by atoms with Crippen LogP contribution in [0.25, 0.3) is 0 Å². The van der Waals surface area contributed by atoms with Crippen molar-refractivity contribution in [3.8, 4) is 5.75 Å². The van der Waals surface area contributed by atoms with Crippen LogP contribution >= 0.6 is 33.9 Å². The highest BCUT2D eigenvalue weighted by atomic mass is 127. The number of anilines is 1. The Morgan fingerprint density at radius 3 is 2.65 bits per heavy atom. The van der Waals surface area contributed by atoms with Crippen molar-refractivity contribution in [2.75, 3.05) is 5.32 Å². The van der Waals surface area contributed by atoms with Gasteiger partial charge in [0.1, 0.15) is 0 Å². The second-order valence-corrected chi connectivity index (χ2v) is 6.42. The summed E-state index contributed by atoms with van der Waals surface area (Å²) >= 11 is 3.48. The molecule has 0 spiro atoms. The standard InChI is InChI=1S/C12H7F3INO2S/c13-8-4-7(1-2-9(8)19-12(14)15)17-11(18)6-3-10(16)20-5-6/h1-5,12H,(H,17,18). The Morgan fingerprint density at radius 1 is 1.35 bits per heavy atom. The number of ether oxygens (including phenoxy) is 1. The van der Waals surface area contributed by atoms with Crippen molar-refractivity contribution in [2.24, 2.45) is 0 Å². The van der Waals surface area contributed by atoms with E-state index in [0.717, 1.165) is 15.0 Å². The zero-order valence-corrected chi connectivity index (χ0v) is 12.7. The average Bonchev–Trinajstić information content (AvgIpc) is 2.79. The van der Waals surface area contributed by atoms with Crippen LogP contribution in [0.3, 0.4) is 0 Å². The third-order valence-electron chi connectivity index (χ3n) is 2.24. The van der Waals surface area contributed by atoms with Crippen molar-refractivity contribution in [3.05, 3.63) is 43.9 Å². The number of thiophene rings is 1. The number of hydrogen-bond donors (Lipinski definition) is 1. The lowest BCUT2D eigenvalue weighted by Crippen LogP contribution is -2.11. The molecule has 106 valence electrons. The van der Waals surface area contributed by atoms with Crippen molar-refractivity contribution >= 4 is 45.5 Å². The minimum Gasteiger partial charge on any atom is -0.432 e. The van der Waals surface area contributed by atoms with E-state index in [-0.39, 0.29) is 5.69 Å². The van der Waals surface area contributed by atoms with E-state index >= 15 is 0 Å². The summed E-state index contributed by atoms with van der Waals surface area (Å²) in [6.07, 6.45) is 0. The highest BCUT2D eigenvalue weighted by molar-refractivity contribution is 14.1. The molecule has 0 aliphatic carbocycles. The molecule has 0 radical (unpaired) electrons. The first-order chi connectivity index (χ1) is 9.45. The predicted octanol–water partition coefficient (Wildman–Crippen LogP) is 4.35. The maximum Gasteiger partial charge on any atom is 0.387 e. The van der Waals surface area contributed by atoms with Gasteiger partial charge in [-0.05, 0) is 40.8 Å². The first kappa shape index (κ1) is 15.1. The summed E-state index contributed by atoms with van der Waals surface area (Å²) in [6.45, 7) is -3.10. The van der Waals surface area contributed by atoms with Gasteiger partial charge in [0.25, 0.3) is 5.91 Å². The van der Waals surface area contributed by atoms with Gasteiger partial charge in [-0.2, -0.15) is 8.78 Å². The summed E-state index contributed by atoms with van der Waals surface area (Å²) in [5.74, 6) is -1.93. The van der Waals surface area contributed by atoms with Gasteiger partial charge in [0, 0.05) is 17.1 Å². The molecule has 1 aromatic heterocycles. The zero-order valence-electron chi connectivity index (χ0n) is 9.70. The van der Waals surface area contributed by atoms with Gasteiger partial charge in [-0.1, -0.05) is 0 Å². The lowest BCUT2D eigenvalue weighted by atomic mass is 10.2. The lowest BCUT2D eigenvalue weighted by molar-refractivity contribution is -0.0521. The van der Waals surface area contributed by atoms with Gasteiger partial charge in [0.05, 0.1) is 8.45 Å². The third-order valence-corrected chi connectivity index (χ3v) is 4.02. The molecule has 8 heteroatoms. The minimum atomic E-state index is -3.10. The number of alkyl halides is 2.